The first-order valence-electron chi connectivity index (χ1n) is 4.93. The lowest BCUT2D eigenvalue weighted by Crippen LogP contribution is -2.25. The van der Waals surface area contributed by atoms with Crippen molar-refractivity contribution >= 4 is 50.1 Å². The van der Waals surface area contributed by atoms with Gasteiger partial charge in [-0.25, -0.2) is 4.39 Å². The topological polar surface area (TPSA) is 20.3 Å². The fraction of sp³-hybridized carbons (Fsp3) is 0.364. The molecule has 0 aliphatic carbocycles. The summed E-state index contributed by atoms with van der Waals surface area (Å²) in [7, 11) is 0. The first-order valence-corrected chi connectivity index (χ1v) is 7.13. The maximum Gasteiger partial charge on any atom is 0.227 e. The van der Waals surface area contributed by atoms with Crippen molar-refractivity contribution in [3.8, 4) is 0 Å². The molecular weight excluding hydrogens is 388 g/mol. The molecule has 1 aromatic carbocycles. The first kappa shape index (κ1) is 12.3. The predicted molar refractivity (Wildman–Crippen MR) is 73.4 cm³/mol. The summed E-state index contributed by atoms with van der Waals surface area (Å²) in [4.78, 5) is 13.5. The van der Waals surface area contributed by atoms with Crippen molar-refractivity contribution in [2.75, 3.05) is 16.8 Å². The minimum atomic E-state index is -0.267. The van der Waals surface area contributed by atoms with Crippen LogP contribution in [0.3, 0.4) is 0 Å². The molecule has 1 aromatic rings. The number of nitrogens with zero attached hydrogens (tertiary/aromatic N) is 1. The molecule has 1 amide bonds. The summed E-state index contributed by atoms with van der Waals surface area (Å²) in [5.74, 6) is 0.208. The molecule has 1 atom stereocenters. The smallest absolute Gasteiger partial charge is 0.227 e. The fourth-order valence-electron chi connectivity index (χ4n) is 1.82. The highest BCUT2D eigenvalue weighted by molar-refractivity contribution is 14.1. The van der Waals surface area contributed by atoms with Crippen molar-refractivity contribution in [3.05, 3.63) is 27.6 Å². The standard InChI is InChI=1S/C11H10BrFINO/c12-5-7-3-11(16)15(6-7)10-2-1-8(13)4-9(10)14/h1-2,4,7H,3,5-6H2. The molecule has 86 valence electrons. The Kier molecular flexibility index (Phi) is 3.84. The molecule has 0 radical (unpaired) electrons. The van der Waals surface area contributed by atoms with E-state index in [2.05, 4.69) is 38.5 Å². The van der Waals surface area contributed by atoms with Gasteiger partial charge in [0, 0.05) is 21.9 Å². The third-order valence-corrected chi connectivity index (χ3v) is 4.40. The quantitative estimate of drug-likeness (QED) is 0.554. The van der Waals surface area contributed by atoms with Crippen LogP contribution in [-0.4, -0.2) is 17.8 Å². The van der Waals surface area contributed by atoms with E-state index in [0.717, 1.165) is 14.6 Å². The molecule has 1 aliphatic heterocycles. The van der Waals surface area contributed by atoms with Gasteiger partial charge in [-0.1, -0.05) is 15.9 Å². The first-order chi connectivity index (χ1) is 7.61. The minimum absolute atomic E-state index is 0.119. The third-order valence-electron chi connectivity index (χ3n) is 2.62. The summed E-state index contributed by atoms with van der Waals surface area (Å²) in [5.41, 5.74) is 0.815. The van der Waals surface area contributed by atoms with E-state index in [9.17, 15) is 9.18 Å². The van der Waals surface area contributed by atoms with E-state index in [4.69, 9.17) is 0 Å². The molecule has 5 heteroatoms. The maximum absolute atomic E-state index is 13.0. The van der Waals surface area contributed by atoms with Crippen LogP contribution in [-0.2, 0) is 4.79 Å². The van der Waals surface area contributed by atoms with Gasteiger partial charge in [0.25, 0.3) is 0 Å². The molecule has 0 spiro atoms. The molecule has 0 N–H and O–H groups in total. The van der Waals surface area contributed by atoms with Gasteiger partial charge in [0.1, 0.15) is 5.82 Å². The summed E-state index contributed by atoms with van der Waals surface area (Å²) in [5, 5.41) is 0.826. The summed E-state index contributed by atoms with van der Waals surface area (Å²) in [6.45, 7) is 0.714. The van der Waals surface area contributed by atoms with Crippen LogP contribution in [0.5, 0.6) is 0 Å². The molecule has 0 saturated carbocycles. The Hall–Kier alpha value is -0.170. The average molecular weight is 398 g/mol. The van der Waals surface area contributed by atoms with E-state index >= 15 is 0 Å². The molecule has 2 rings (SSSR count). The summed E-state index contributed by atoms with van der Waals surface area (Å²) in [6.07, 6.45) is 0.568. The van der Waals surface area contributed by atoms with Crippen LogP contribution in [0.25, 0.3) is 0 Å². The van der Waals surface area contributed by atoms with Crippen LogP contribution in [0.15, 0.2) is 18.2 Å². The zero-order chi connectivity index (χ0) is 11.7. The van der Waals surface area contributed by atoms with Crippen LogP contribution in [0.1, 0.15) is 6.42 Å². The molecule has 0 bridgehead atoms. The van der Waals surface area contributed by atoms with Crippen molar-refractivity contribution < 1.29 is 9.18 Å². The molecule has 0 aromatic heterocycles. The lowest BCUT2D eigenvalue weighted by molar-refractivity contribution is -0.117. The number of rotatable bonds is 2. The van der Waals surface area contributed by atoms with Gasteiger partial charge < -0.3 is 4.90 Å². The van der Waals surface area contributed by atoms with Crippen molar-refractivity contribution in [1.29, 1.82) is 0 Å². The van der Waals surface area contributed by atoms with E-state index in [1.165, 1.54) is 12.1 Å². The molecule has 1 unspecified atom stereocenters. The molecule has 1 aliphatic rings. The number of benzene rings is 1. The van der Waals surface area contributed by atoms with E-state index in [0.29, 0.717) is 18.9 Å². The molecule has 1 heterocycles. The predicted octanol–water partition coefficient (Wildman–Crippen LogP) is 3.18. The second-order valence-corrected chi connectivity index (χ2v) is 5.63. The second kappa shape index (κ2) is 5.00. The van der Waals surface area contributed by atoms with Gasteiger partial charge in [-0.15, -0.1) is 0 Å². The Morgan fingerprint density at radius 3 is 2.88 bits per heavy atom. The summed E-state index contributed by atoms with van der Waals surface area (Å²) < 4.78 is 13.7. The lowest BCUT2D eigenvalue weighted by atomic mass is 10.2. The number of anilines is 1. The Morgan fingerprint density at radius 2 is 2.31 bits per heavy atom. The number of carbonyl (C=O) groups is 1. The molecular formula is C11H10BrFINO. The Balaban J connectivity index is 2.28. The van der Waals surface area contributed by atoms with Gasteiger partial charge in [-0.3, -0.25) is 4.79 Å². The number of amides is 1. The average Bonchev–Trinajstić information content (AvgIpc) is 2.60. The van der Waals surface area contributed by atoms with E-state index in [1.807, 2.05) is 0 Å². The highest BCUT2D eigenvalue weighted by Gasteiger charge is 2.30. The lowest BCUT2D eigenvalue weighted by Gasteiger charge is -2.18. The maximum atomic E-state index is 13.0. The van der Waals surface area contributed by atoms with Crippen LogP contribution in [0.4, 0.5) is 10.1 Å². The number of hydrogen-bond acceptors (Lipinski definition) is 1. The SMILES string of the molecule is O=C1CC(CBr)CN1c1ccc(F)cc1I. The van der Waals surface area contributed by atoms with Crippen molar-refractivity contribution in [1.82, 2.24) is 0 Å². The summed E-state index contributed by atoms with van der Waals surface area (Å²) in [6, 6.07) is 4.52. The fourth-order valence-corrected chi connectivity index (χ4v) is 3.02. The Labute approximate surface area is 115 Å². The van der Waals surface area contributed by atoms with Gasteiger partial charge >= 0.3 is 0 Å². The number of carbonyl (C=O) groups excluding carboxylic acids is 1. The number of hydrogen-bond donors (Lipinski definition) is 0. The van der Waals surface area contributed by atoms with Crippen molar-refractivity contribution in [3.63, 3.8) is 0 Å². The number of alkyl halides is 1. The van der Waals surface area contributed by atoms with E-state index in [-0.39, 0.29) is 11.7 Å². The van der Waals surface area contributed by atoms with Crippen LogP contribution in [0.2, 0.25) is 0 Å². The van der Waals surface area contributed by atoms with Crippen LogP contribution in [0, 0.1) is 15.3 Å². The number of halogens is 3. The zero-order valence-corrected chi connectivity index (χ0v) is 12.2. The second-order valence-electron chi connectivity index (χ2n) is 3.82. The largest absolute Gasteiger partial charge is 0.311 e. The minimum Gasteiger partial charge on any atom is -0.311 e. The molecule has 1 fully saturated rings. The van der Waals surface area contributed by atoms with Gasteiger partial charge in [0.2, 0.25) is 5.91 Å². The van der Waals surface area contributed by atoms with Crippen molar-refractivity contribution in [2.45, 2.75) is 6.42 Å². The normalized spacial score (nSPS) is 20.6. The molecule has 2 nitrogen and oxygen atoms in total. The van der Waals surface area contributed by atoms with E-state index in [1.54, 1.807) is 11.0 Å². The van der Waals surface area contributed by atoms with Crippen LogP contribution < -0.4 is 4.90 Å². The summed E-state index contributed by atoms with van der Waals surface area (Å²) >= 11 is 5.45. The van der Waals surface area contributed by atoms with E-state index < -0.39 is 0 Å². The Bertz CT molecular complexity index is 426. The van der Waals surface area contributed by atoms with Gasteiger partial charge in [0.15, 0.2) is 0 Å². The third kappa shape index (κ3) is 2.40. The highest BCUT2D eigenvalue weighted by Crippen LogP contribution is 2.30. The van der Waals surface area contributed by atoms with Gasteiger partial charge in [0.05, 0.1) is 5.69 Å². The zero-order valence-electron chi connectivity index (χ0n) is 8.42. The highest BCUT2D eigenvalue weighted by atomic mass is 127. The van der Waals surface area contributed by atoms with Gasteiger partial charge in [-0.2, -0.15) is 0 Å². The molecule has 16 heavy (non-hydrogen) atoms. The van der Waals surface area contributed by atoms with Crippen molar-refractivity contribution in [2.24, 2.45) is 5.92 Å². The Morgan fingerprint density at radius 1 is 1.56 bits per heavy atom. The monoisotopic (exact) mass is 397 g/mol. The van der Waals surface area contributed by atoms with Crippen LogP contribution >= 0.6 is 38.5 Å². The molecule has 1 saturated heterocycles. The van der Waals surface area contributed by atoms with Gasteiger partial charge in [-0.05, 0) is 46.7 Å².